The molecule has 0 aromatic heterocycles. The van der Waals surface area contributed by atoms with Gasteiger partial charge in [0.25, 0.3) is 0 Å². The van der Waals surface area contributed by atoms with Gasteiger partial charge in [0.2, 0.25) is 0 Å². The summed E-state index contributed by atoms with van der Waals surface area (Å²) in [5.74, 6) is 0.283. The first-order valence-corrected chi connectivity index (χ1v) is 6.52. The Balaban J connectivity index is 2.04. The molecule has 18 heavy (non-hydrogen) atoms. The summed E-state index contributed by atoms with van der Waals surface area (Å²) in [6.07, 6.45) is 0. The molecular weight excluding hydrogens is 222 g/mol. The number of aliphatic hydroxyl groups excluding tert-OH is 1. The van der Waals surface area contributed by atoms with Crippen LogP contribution in [0.4, 0.5) is 0 Å². The van der Waals surface area contributed by atoms with Crippen LogP contribution in [0, 0.1) is 5.92 Å². The number of hydrogen-bond donors (Lipinski definition) is 2. The number of hydrogen-bond acceptors (Lipinski definition) is 2. The smallest absolute Gasteiger partial charge is 0.0471 e. The van der Waals surface area contributed by atoms with Crippen LogP contribution in [0.2, 0.25) is 0 Å². The Morgan fingerprint density at radius 2 is 1.78 bits per heavy atom. The second-order valence-electron chi connectivity index (χ2n) is 5.01. The summed E-state index contributed by atoms with van der Waals surface area (Å²) in [6, 6.07) is 15.3. The molecule has 2 N–H and O–H groups in total. The van der Waals surface area contributed by atoms with E-state index < -0.39 is 0 Å². The fourth-order valence-electron chi connectivity index (χ4n) is 1.99. The Morgan fingerprint density at radius 1 is 1.06 bits per heavy atom. The predicted octanol–water partition coefficient (Wildman–Crippen LogP) is 2.95. The third kappa shape index (κ3) is 3.09. The second kappa shape index (κ2) is 5.98. The average molecular weight is 243 g/mol. The van der Waals surface area contributed by atoms with E-state index in [1.165, 1.54) is 16.3 Å². The highest BCUT2D eigenvalue weighted by atomic mass is 16.3. The average Bonchev–Trinajstić information content (AvgIpc) is 2.43. The molecule has 2 aromatic carbocycles. The van der Waals surface area contributed by atoms with Crippen LogP contribution in [0.1, 0.15) is 19.4 Å². The lowest BCUT2D eigenvalue weighted by molar-refractivity contribution is 0.207. The van der Waals surface area contributed by atoms with E-state index in [1.54, 1.807) is 0 Å². The van der Waals surface area contributed by atoms with Crippen molar-refractivity contribution >= 4 is 10.8 Å². The number of nitrogens with one attached hydrogen (secondary N) is 1. The van der Waals surface area contributed by atoms with Crippen LogP contribution < -0.4 is 5.32 Å². The molecule has 2 rings (SSSR count). The molecule has 2 nitrogen and oxygen atoms in total. The minimum atomic E-state index is 0.228. The molecule has 2 aromatic rings. The standard InChI is InChI=1S/C16H21NO/c1-12(11-18)13(2)17-10-14-7-8-15-5-3-4-6-16(15)9-14/h3-9,12-13,17-18H,10-11H2,1-2H3. The summed E-state index contributed by atoms with van der Waals surface area (Å²) in [5, 5.41) is 15.1. The molecule has 0 amide bonds. The Kier molecular flexibility index (Phi) is 4.34. The molecular formula is C16H21NO. The van der Waals surface area contributed by atoms with Crippen LogP contribution in [0.15, 0.2) is 42.5 Å². The Labute approximate surface area is 109 Å². The Bertz CT molecular complexity index is 509. The lowest BCUT2D eigenvalue weighted by atomic mass is 10.0. The molecule has 2 unspecified atom stereocenters. The second-order valence-corrected chi connectivity index (χ2v) is 5.01. The summed E-state index contributed by atoms with van der Waals surface area (Å²) in [4.78, 5) is 0. The highest BCUT2D eigenvalue weighted by Crippen LogP contribution is 2.15. The lowest BCUT2D eigenvalue weighted by Gasteiger charge is -2.19. The maximum atomic E-state index is 9.10. The van der Waals surface area contributed by atoms with E-state index in [2.05, 4.69) is 61.6 Å². The molecule has 0 saturated carbocycles. The maximum absolute atomic E-state index is 9.10. The number of benzene rings is 2. The van der Waals surface area contributed by atoms with Gasteiger partial charge < -0.3 is 10.4 Å². The predicted molar refractivity (Wildman–Crippen MR) is 76.5 cm³/mol. The fraction of sp³-hybridized carbons (Fsp3) is 0.375. The van der Waals surface area contributed by atoms with Gasteiger partial charge in [0.05, 0.1) is 0 Å². The van der Waals surface area contributed by atoms with Crippen LogP contribution >= 0.6 is 0 Å². The van der Waals surface area contributed by atoms with E-state index in [0.717, 1.165) is 6.54 Å². The molecule has 2 heteroatoms. The molecule has 0 aliphatic carbocycles. The van der Waals surface area contributed by atoms with Gasteiger partial charge >= 0.3 is 0 Å². The first kappa shape index (κ1) is 13.1. The van der Waals surface area contributed by atoms with Crippen molar-refractivity contribution in [3.8, 4) is 0 Å². The van der Waals surface area contributed by atoms with E-state index in [0.29, 0.717) is 6.04 Å². The minimum Gasteiger partial charge on any atom is -0.396 e. The van der Waals surface area contributed by atoms with Crippen molar-refractivity contribution < 1.29 is 5.11 Å². The van der Waals surface area contributed by atoms with Crippen molar-refractivity contribution in [2.75, 3.05) is 6.61 Å². The first-order valence-electron chi connectivity index (χ1n) is 6.52. The van der Waals surface area contributed by atoms with Crippen molar-refractivity contribution in [1.82, 2.24) is 5.32 Å². The Morgan fingerprint density at radius 3 is 2.50 bits per heavy atom. The molecule has 0 heterocycles. The zero-order valence-corrected chi connectivity index (χ0v) is 11.1. The third-order valence-corrected chi connectivity index (χ3v) is 3.58. The first-order chi connectivity index (χ1) is 8.70. The van der Waals surface area contributed by atoms with E-state index >= 15 is 0 Å². The molecule has 0 spiro atoms. The van der Waals surface area contributed by atoms with Gasteiger partial charge in [-0.05, 0) is 35.2 Å². The molecule has 0 bridgehead atoms. The molecule has 96 valence electrons. The van der Waals surface area contributed by atoms with Crippen LogP contribution in [-0.4, -0.2) is 17.8 Å². The van der Waals surface area contributed by atoms with E-state index in [9.17, 15) is 0 Å². The van der Waals surface area contributed by atoms with Gasteiger partial charge in [-0.1, -0.05) is 43.3 Å². The molecule has 0 fully saturated rings. The van der Waals surface area contributed by atoms with E-state index in [1.807, 2.05) is 0 Å². The monoisotopic (exact) mass is 243 g/mol. The third-order valence-electron chi connectivity index (χ3n) is 3.58. The van der Waals surface area contributed by atoms with E-state index in [-0.39, 0.29) is 12.5 Å². The van der Waals surface area contributed by atoms with Gasteiger partial charge in [-0.3, -0.25) is 0 Å². The quantitative estimate of drug-likeness (QED) is 0.846. The van der Waals surface area contributed by atoms with E-state index in [4.69, 9.17) is 5.11 Å². The van der Waals surface area contributed by atoms with Crippen molar-refractivity contribution in [3.05, 3.63) is 48.0 Å². The summed E-state index contributed by atoms with van der Waals surface area (Å²) in [5.41, 5.74) is 1.28. The minimum absolute atomic E-state index is 0.228. The molecule has 0 saturated heterocycles. The highest BCUT2D eigenvalue weighted by Gasteiger charge is 2.09. The molecule has 0 aliphatic heterocycles. The van der Waals surface area contributed by atoms with Crippen molar-refractivity contribution in [2.24, 2.45) is 5.92 Å². The van der Waals surface area contributed by atoms with Crippen molar-refractivity contribution in [1.29, 1.82) is 0 Å². The number of rotatable bonds is 5. The van der Waals surface area contributed by atoms with Crippen LogP contribution in [0.3, 0.4) is 0 Å². The molecule has 0 radical (unpaired) electrons. The SMILES string of the molecule is CC(CO)C(C)NCc1ccc2ccccc2c1. The zero-order chi connectivity index (χ0) is 13.0. The summed E-state index contributed by atoms with van der Waals surface area (Å²) in [7, 11) is 0. The van der Waals surface area contributed by atoms with Crippen LogP contribution in [0.5, 0.6) is 0 Å². The largest absolute Gasteiger partial charge is 0.396 e. The van der Waals surface area contributed by atoms with Gasteiger partial charge in [-0.15, -0.1) is 0 Å². The normalized spacial score (nSPS) is 14.6. The maximum Gasteiger partial charge on any atom is 0.0471 e. The lowest BCUT2D eigenvalue weighted by Crippen LogP contribution is -2.33. The van der Waals surface area contributed by atoms with Gasteiger partial charge in [0, 0.05) is 19.2 Å². The highest BCUT2D eigenvalue weighted by molar-refractivity contribution is 5.82. The van der Waals surface area contributed by atoms with Gasteiger partial charge in [0.1, 0.15) is 0 Å². The van der Waals surface area contributed by atoms with Crippen molar-refractivity contribution in [2.45, 2.75) is 26.4 Å². The van der Waals surface area contributed by atoms with Gasteiger partial charge in [-0.25, -0.2) is 0 Å². The van der Waals surface area contributed by atoms with Crippen molar-refractivity contribution in [3.63, 3.8) is 0 Å². The summed E-state index contributed by atoms with van der Waals surface area (Å²) in [6.45, 7) is 5.24. The van der Waals surface area contributed by atoms with Crippen LogP contribution in [-0.2, 0) is 6.54 Å². The zero-order valence-electron chi connectivity index (χ0n) is 11.1. The van der Waals surface area contributed by atoms with Gasteiger partial charge in [0.15, 0.2) is 0 Å². The number of aliphatic hydroxyl groups is 1. The molecule has 0 aliphatic rings. The topological polar surface area (TPSA) is 32.3 Å². The summed E-state index contributed by atoms with van der Waals surface area (Å²) >= 11 is 0. The summed E-state index contributed by atoms with van der Waals surface area (Å²) < 4.78 is 0. The Hall–Kier alpha value is -1.38. The fourth-order valence-corrected chi connectivity index (χ4v) is 1.99. The number of fused-ring (bicyclic) bond motifs is 1. The molecule has 2 atom stereocenters. The van der Waals surface area contributed by atoms with Gasteiger partial charge in [-0.2, -0.15) is 0 Å². The van der Waals surface area contributed by atoms with Crippen LogP contribution in [0.25, 0.3) is 10.8 Å².